The van der Waals surface area contributed by atoms with E-state index in [0.29, 0.717) is 6.54 Å². The average Bonchev–Trinajstić information content (AvgIpc) is 3.27. The van der Waals surface area contributed by atoms with E-state index in [2.05, 4.69) is 15.3 Å². The number of hydrogen-bond donors (Lipinski definition) is 1. The summed E-state index contributed by atoms with van der Waals surface area (Å²) in [5.41, 5.74) is 0. The molecule has 0 unspecified atom stereocenters. The van der Waals surface area contributed by atoms with Crippen LogP contribution in [0.3, 0.4) is 0 Å². The van der Waals surface area contributed by atoms with Gasteiger partial charge in [-0.2, -0.15) is 0 Å². The lowest BCUT2D eigenvalue weighted by Crippen LogP contribution is -2.28. The van der Waals surface area contributed by atoms with Gasteiger partial charge in [0.1, 0.15) is 16.2 Å². The molecule has 0 spiro atoms. The Balaban J connectivity index is 1.41. The van der Waals surface area contributed by atoms with Crippen molar-refractivity contribution in [3.63, 3.8) is 0 Å². The number of carbonyl (C=O) groups is 2. The number of fused-ring (bicyclic) bond motifs is 1. The van der Waals surface area contributed by atoms with E-state index in [-0.39, 0.29) is 18.3 Å². The van der Waals surface area contributed by atoms with Gasteiger partial charge in [0.2, 0.25) is 0 Å². The van der Waals surface area contributed by atoms with Crippen molar-refractivity contribution in [2.75, 3.05) is 12.4 Å². The maximum absolute atomic E-state index is 11.8. The van der Waals surface area contributed by atoms with Crippen molar-refractivity contribution in [2.24, 2.45) is 0 Å². The Bertz CT molecular complexity index is 833. The largest absolute Gasteiger partial charge is 0.455 e. The molecule has 0 aliphatic carbocycles. The van der Waals surface area contributed by atoms with Crippen LogP contribution in [0.25, 0.3) is 10.2 Å². The van der Waals surface area contributed by atoms with Crippen LogP contribution in [0.4, 0.5) is 0 Å². The van der Waals surface area contributed by atoms with Crippen molar-refractivity contribution in [2.45, 2.75) is 11.6 Å². The van der Waals surface area contributed by atoms with E-state index < -0.39 is 5.97 Å². The normalized spacial score (nSPS) is 10.7. The van der Waals surface area contributed by atoms with Gasteiger partial charge in [-0.3, -0.25) is 9.59 Å². The van der Waals surface area contributed by atoms with Crippen LogP contribution in [0, 0.1) is 0 Å². The zero-order valence-corrected chi connectivity index (χ0v) is 14.9. The molecule has 3 rings (SSSR count). The second-order valence-corrected chi connectivity index (χ2v) is 7.51. The highest BCUT2D eigenvalue weighted by Crippen LogP contribution is 2.27. The predicted octanol–water partition coefficient (Wildman–Crippen LogP) is 2.70. The molecule has 0 saturated carbocycles. The summed E-state index contributed by atoms with van der Waals surface area (Å²) in [5, 5.41) is 8.24. The smallest absolute Gasteiger partial charge is 0.316 e. The summed E-state index contributed by atoms with van der Waals surface area (Å²) >= 11 is 4.36. The predicted molar refractivity (Wildman–Crippen MR) is 95.3 cm³/mol. The topological polar surface area (TPSA) is 81.2 Å². The molecule has 0 atom stereocenters. The lowest BCUT2D eigenvalue weighted by molar-refractivity contribution is -0.145. The van der Waals surface area contributed by atoms with Crippen LogP contribution in [-0.4, -0.2) is 34.2 Å². The lowest BCUT2D eigenvalue weighted by Gasteiger charge is -2.06. The number of thioether (sulfide) groups is 1. The first kappa shape index (κ1) is 16.9. The second kappa shape index (κ2) is 8.22. The SMILES string of the molecule is O=C(COC(=O)CSc1ncnc2sccc12)NCc1cccs1. The molecule has 9 heteroatoms. The molecule has 6 nitrogen and oxygen atoms in total. The minimum absolute atomic E-state index is 0.0974. The molecule has 0 saturated heterocycles. The van der Waals surface area contributed by atoms with E-state index in [1.165, 1.54) is 29.4 Å². The first-order chi connectivity index (χ1) is 11.7. The first-order valence-electron chi connectivity index (χ1n) is 6.98. The van der Waals surface area contributed by atoms with Gasteiger partial charge in [-0.1, -0.05) is 17.8 Å². The van der Waals surface area contributed by atoms with E-state index in [1.54, 1.807) is 11.3 Å². The highest BCUT2D eigenvalue weighted by molar-refractivity contribution is 8.00. The van der Waals surface area contributed by atoms with Crippen molar-refractivity contribution in [3.8, 4) is 0 Å². The Morgan fingerprint density at radius 3 is 2.96 bits per heavy atom. The fourth-order valence-corrected chi connectivity index (χ4v) is 4.07. The molecule has 3 aromatic heterocycles. The Morgan fingerprint density at radius 1 is 1.21 bits per heavy atom. The molecule has 124 valence electrons. The van der Waals surface area contributed by atoms with Crippen LogP contribution >= 0.6 is 34.4 Å². The van der Waals surface area contributed by atoms with Crippen molar-refractivity contribution in [1.82, 2.24) is 15.3 Å². The summed E-state index contributed by atoms with van der Waals surface area (Å²) < 4.78 is 4.98. The molecule has 3 aromatic rings. The Morgan fingerprint density at radius 2 is 2.12 bits per heavy atom. The van der Waals surface area contributed by atoms with Gasteiger partial charge in [0.25, 0.3) is 5.91 Å². The fourth-order valence-electron chi connectivity index (χ4n) is 1.85. The van der Waals surface area contributed by atoms with Crippen molar-refractivity contribution >= 4 is 56.5 Å². The quantitative estimate of drug-likeness (QED) is 0.386. The zero-order valence-electron chi connectivity index (χ0n) is 12.4. The van der Waals surface area contributed by atoms with Gasteiger partial charge in [-0.15, -0.1) is 22.7 Å². The number of amides is 1. The van der Waals surface area contributed by atoms with Gasteiger partial charge in [-0.05, 0) is 22.9 Å². The van der Waals surface area contributed by atoms with Crippen molar-refractivity contribution in [3.05, 3.63) is 40.2 Å². The first-order valence-corrected chi connectivity index (χ1v) is 9.72. The minimum atomic E-state index is -0.451. The number of ether oxygens (including phenoxy) is 1. The van der Waals surface area contributed by atoms with E-state index >= 15 is 0 Å². The number of nitrogens with one attached hydrogen (secondary N) is 1. The van der Waals surface area contributed by atoms with E-state index in [9.17, 15) is 9.59 Å². The monoisotopic (exact) mass is 379 g/mol. The number of esters is 1. The van der Waals surface area contributed by atoms with Crippen LogP contribution in [0.1, 0.15) is 4.88 Å². The molecule has 0 aliphatic heterocycles. The molecule has 1 N–H and O–H groups in total. The van der Waals surface area contributed by atoms with Crippen molar-refractivity contribution < 1.29 is 14.3 Å². The van der Waals surface area contributed by atoms with Crippen LogP contribution in [0.5, 0.6) is 0 Å². The summed E-state index contributed by atoms with van der Waals surface area (Å²) in [5.74, 6) is -0.669. The van der Waals surface area contributed by atoms with Crippen LogP contribution in [0.15, 0.2) is 40.3 Å². The summed E-state index contributed by atoms with van der Waals surface area (Å²) in [7, 11) is 0. The maximum Gasteiger partial charge on any atom is 0.316 e. The van der Waals surface area contributed by atoms with Gasteiger partial charge in [0.15, 0.2) is 6.61 Å². The van der Waals surface area contributed by atoms with Gasteiger partial charge in [-0.25, -0.2) is 9.97 Å². The van der Waals surface area contributed by atoms with Crippen molar-refractivity contribution in [1.29, 1.82) is 0 Å². The summed E-state index contributed by atoms with van der Waals surface area (Å²) in [4.78, 5) is 33.7. The number of hydrogen-bond acceptors (Lipinski definition) is 8. The third-order valence-electron chi connectivity index (χ3n) is 2.96. The van der Waals surface area contributed by atoms with Crippen LogP contribution in [-0.2, 0) is 20.9 Å². The Labute approximate surface area is 150 Å². The van der Waals surface area contributed by atoms with E-state index in [4.69, 9.17) is 4.74 Å². The molecule has 0 fully saturated rings. The average molecular weight is 379 g/mol. The molecule has 0 aromatic carbocycles. The summed E-state index contributed by atoms with van der Waals surface area (Å²) in [6, 6.07) is 5.77. The van der Waals surface area contributed by atoms with Crippen LogP contribution in [0.2, 0.25) is 0 Å². The number of carbonyl (C=O) groups excluding carboxylic acids is 2. The summed E-state index contributed by atoms with van der Waals surface area (Å²) in [6.45, 7) is 0.169. The third-order valence-corrected chi connectivity index (χ3v) is 5.63. The summed E-state index contributed by atoms with van der Waals surface area (Å²) in [6.07, 6.45) is 1.48. The second-order valence-electron chi connectivity index (χ2n) is 4.62. The third kappa shape index (κ3) is 4.53. The van der Waals surface area contributed by atoms with Gasteiger partial charge in [0, 0.05) is 10.3 Å². The van der Waals surface area contributed by atoms with E-state index in [1.807, 2.05) is 29.0 Å². The standard InChI is InChI=1S/C15H13N3O3S3/c19-12(16-6-10-2-1-4-22-10)7-21-13(20)8-24-15-11-3-5-23-14(11)17-9-18-15/h1-5,9H,6-8H2,(H,16,19). The van der Waals surface area contributed by atoms with Gasteiger partial charge >= 0.3 is 5.97 Å². The number of aromatic nitrogens is 2. The number of nitrogens with zero attached hydrogens (tertiary/aromatic N) is 2. The highest BCUT2D eigenvalue weighted by Gasteiger charge is 2.11. The number of thiophene rings is 2. The van der Waals surface area contributed by atoms with Gasteiger partial charge in [0.05, 0.1) is 12.3 Å². The molecular formula is C15H13N3O3S3. The molecule has 1 amide bonds. The zero-order chi connectivity index (χ0) is 16.8. The fraction of sp³-hybridized carbons (Fsp3) is 0.200. The number of rotatable bonds is 7. The van der Waals surface area contributed by atoms with Gasteiger partial charge < -0.3 is 10.1 Å². The minimum Gasteiger partial charge on any atom is -0.455 e. The van der Waals surface area contributed by atoms with Crippen LogP contribution < -0.4 is 5.32 Å². The molecular weight excluding hydrogens is 366 g/mol. The highest BCUT2D eigenvalue weighted by atomic mass is 32.2. The maximum atomic E-state index is 11.8. The molecule has 0 bridgehead atoms. The molecule has 0 aliphatic rings. The molecule has 24 heavy (non-hydrogen) atoms. The Hall–Kier alpha value is -1.97. The molecule has 3 heterocycles. The van der Waals surface area contributed by atoms with E-state index in [0.717, 1.165) is 20.1 Å². The lowest BCUT2D eigenvalue weighted by atomic mass is 10.4. The Kier molecular flexibility index (Phi) is 5.78. The molecule has 0 radical (unpaired) electrons.